The molecule has 1 fully saturated rings. The first kappa shape index (κ1) is 16.3. The van der Waals surface area contributed by atoms with Crippen LogP contribution in [0.15, 0.2) is 29.2 Å². The average Bonchev–Trinajstić information content (AvgIpc) is 2.48. The standard InChI is InChI=1S/C16H26N2O2S/c1-4-21(19,20)16-8-6-5-7-15(16)17-14-9-11-18(12-10-14)13(2)3/h5-8,13-14,17H,4,9-12H2,1-3H3. The van der Waals surface area contributed by atoms with E-state index >= 15 is 0 Å². The summed E-state index contributed by atoms with van der Waals surface area (Å²) in [6.45, 7) is 8.26. The van der Waals surface area contributed by atoms with Gasteiger partial charge in [0.1, 0.15) is 0 Å². The van der Waals surface area contributed by atoms with Gasteiger partial charge in [0, 0.05) is 25.2 Å². The van der Waals surface area contributed by atoms with Crippen LogP contribution in [0.5, 0.6) is 0 Å². The Morgan fingerprint density at radius 3 is 2.43 bits per heavy atom. The van der Waals surface area contributed by atoms with Crippen LogP contribution < -0.4 is 5.32 Å². The molecule has 21 heavy (non-hydrogen) atoms. The topological polar surface area (TPSA) is 49.4 Å². The Hall–Kier alpha value is -1.07. The van der Waals surface area contributed by atoms with Crippen LogP contribution in [0.3, 0.4) is 0 Å². The summed E-state index contributed by atoms with van der Waals surface area (Å²) >= 11 is 0. The second-order valence-corrected chi connectivity index (χ2v) is 8.19. The average molecular weight is 310 g/mol. The van der Waals surface area contributed by atoms with Crippen molar-refractivity contribution in [3.8, 4) is 0 Å². The largest absolute Gasteiger partial charge is 0.381 e. The van der Waals surface area contributed by atoms with Gasteiger partial charge in [0.2, 0.25) is 0 Å². The molecule has 4 nitrogen and oxygen atoms in total. The molecular weight excluding hydrogens is 284 g/mol. The molecule has 0 aromatic heterocycles. The highest BCUT2D eigenvalue weighted by Crippen LogP contribution is 2.25. The molecule has 0 amide bonds. The SMILES string of the molecule is CCS(=O)(=O)c1ccccc1NC1CCN(C(C)C)CC1. The number of hydrogen-bond donors (Lipinski definition) is 1. The van der Waals surface area contributed by atoms with Crippen molar-refractivity contribution in [3.05, 3.63) is 24.3 Å². The highest BCUT2D eigenvalue weighted by molar-refractivity contribution is 7.91. The number of nitrogens with zero attached hydrogens (tertiary/aromatic N) is 1. The van der Waals surface area contributed by atoms with E-state index in [1.807, 2.05) is 12.1 Å². The third-order valence-corrected chi connectivity index (χ3v) is 6.01. The molecule has 1 heterocycles. The number of nitrogens with one attached hydrogen (secondary N) is 1. The first-order valence-corrected chi connectivity index (χ1v) is 9.41. The summed E-state index contributed by atoms with van der Waals surface area (Å²) in [4.78, 5) is 2.89. The van der Waals surface area contributed by atoms with Gasteiger partial charge in [-0.25, -0.2) is 8.42 Å². The first-order valence-electron chi connectivity index (χ1n) is 7.76. The van der Waals surface area contributed by atoms with Gasteiger partial charge < -0.3 is 10.2 Å². The number of likely N-dealkylation sites (tertiary alicyclic amines) is 1. The molecule has 1 aliphatic heterocycles. The van der Waals surface area contributed by atoms with E-state index in [1.165, 1.54) is 0 Å². The Kier molecular flexibility index (Phi) is 5.27. The van der Waals surface area contributed by atoms with Crippen LogP contribution in [0.25, 0.3) is 0 Å². The zero-order valence-corrected chi connectivity index (χ0v) is 14.0. The highest BCUT2D eigenvalue weighted by atomic mass is 32.2. The van der Waals surface area contributed by atoms with E-state index in [-0.39, 0.29) is 5.75 Å². The second-order valence-electron chi connectivity index (χ2n) is 5.95. The Morgan fingerprint density at radius 2 is 1.86 bits per heavy atom. The number of anilines is 1. The number of sulfone groups is 1. The lowest BCUT2D eigenvalue weighted by atomic mass is 10.0. The van der Waals surface area contributed by atoms with Crippen molar-refractivity contribution in [1.82, 2.24) is 4.90 Å². The van der Waals surface area contributed by atoms with Crippen molar-refractivity contribution in [2.75, 3.05) is 24.2 Å². The minimum absolute atomic E-state index is 0.136. The maximum absolute atomic E-state index is 12.2. The molecule has 0 aliphatic carbocycles. The number of hydrogen-bond acceptors (Lipinski definition) is 4. The quantitative estimate of drug-likeness (QED) is 0.908. The minimum Gasteiger partial charge on any atom is -0.381 e. The molecule has 2 rings (SSSR count). The van der Waals surface area contributed by atoms with Gasteiger partial charge in [0.15, 0.2) is 9.84 Å². The van der Waals surface area contributed by atoms with Crippen LogP contribution in [0, 0.1) is 0 Å². The monoisotopic (exact) mass is 310 g/mol. The molecule has 1 N–H and O–H groups in total. The molecule has 0 spiro atoms. The lowest BCUT2D eigenvalue weighted by molar-refractivity contribution is 0.177. The van der Waals surface area contributed by atoms with Crippen LogP contribution in [-0.4, -0.2) is 44.2 Å². The van der Waals surface area contributed by atoms with Gasteiger partial charge >= 0.3 is 0 Å². The van der Waals surface area contributed by atoms with Gasteiger partial charge in [-0.3, -0.25) is 0 Å². The van der Waals surface area contributed by atoms with Crippen LogP contribution in [-0.2, 0) is 9.84 Å². The summed E-state index contributed by atoms with van der Waals surface area (Å²) in [5.74, 6) is 0.136. The van der Waals surface area contributed by atoms with E-state index in [1.54, 1.807) is 19.1 Å². The van der Waals surface area contributed by atoms with E-state index in [9.17, 15) is 8.42 Å². The van der Waals surface area contributed by atoms with Gasteiger partial charge in [-0.15, -0.1) is 0 Å². The minimum atomic E-state index is -3.18. The Morgan fingerprint density at radius 1 is 1.24 bits per heavy atom. The van der Waals surface area contributed by atoms with Crippen molar-refractivity contribution >= 4 is 15.5 Å². The van der Waals surface area contributed by atoms with Crippen LogP contribution >= 0.6 is 0 Å². The van der Waals surface area contributed by atoms with Gasteiger partial charge in [0.05, 0.1) is 16.3 Å². The normalized spacial score (nSPS) is 18.1. The molecule has 1 aromatic carbocycles. The number of rotatable bonds is 5. The fraction of sp³-hybridized carbons (Fsp3) is 0.625. The molecule has 0 unspecified atom stereocenters. The molecule has 1 saturated heterocycles. The van der Waals surface area contributed by atoms with Crippen molar-refractivity contribution in [1.29, 1.82) is 0 Å². The third kappa shape index (κ3) is 3.98. The molecule has 5 heteroatoms. The van der Waals surface area contributed by atoms with Crippen molar-refractivity contribution in [3.63, 3.8) is 0 Å². The van der Waals surface area contributed by atoms with Gasteiger partial charge in [-0.05, 0) is 38.8 Å². The van der Waals surface area contributed by atoms with Gasteiger partial charge in [-0.2, -0.15) is 0 Å². The van der Waals surface area contributed by atoms with Crippen LogP contribution in [0.2, 0.25) is 0 Å². The first-order chi connectivity index (χ1) is 9.94. The van der Waals surface area contributed by atoms with Crippen molar-refractivity contribution < 1.29 is 8.42 Å². The summed E-state index contributed by atoms with van der Waals surface area (Å²) in [7, 11) is -3.18. The highest BCUT2D eigenvalue weighted by Gasteiger charge is 2.23. The molecule has 1 aromatic rings. The number of benzene rings is 1. The molecular formula is C16H26N2O2S. The summed E-state index contributed by atoms with van der Waals surface area (Å²) in [6, 6.07) is 8.18. The van der Waals surface area contributed by atoms with Crippen LogP contribution in [0.4, 0.5) is 5.69 Å². The van der Waals surface area contributed by atoms with E-state index in [0.717, 1.165) is 31.6 Å². The molecule has 0 saturated carbocycles. The summed E-state index contributed by atoms with van der Waals surface area (Å²) < 4.78 is 24.3. The maximum atomic E-state index is 12.2. The smallest absolute Gasteiger partial charge is 0.180 e. The fourth-order valence-electron chi connectivity index (χ4n) is 2.79. The number of para-hydroxylation sites is 1. The Balaban J connectivity index is 2.08. The third-order valence-electron chi connectivity index (χ3n) is 4.22. The van der Waals surface area contributed by atoms with E-state index in [0.29, 0.717) is 17.0 Å². The van der Waals surface area contributed by atoms with Crippen molar-refractivity contribution in [2.45, 2.75) is 50.6 Å². The summed E-state index contributed by atoms with van der Waals surface area (Å²) in [5.41, 5.74) is 0.752. The summed E-state index contributed by atoms with van der Waals surface area (Å²) in [6.07, 6.45) is 2.11. The lowest BCUT2D eigenvalue weighted by Crippen LogP contribution is -2.42. The predicted molar refractivity (Wildman–Crippen MR) is 87.5 cm³/mol. The lowest BCUT2D eigenvalue weighted by Gasteiger charge is -2.35. The molecule has 0 atom stereocenters. The molecule has 0 radical (unpaired) electrons. The zero-order chi connectivity index (χ0) is 15.5. The number of piperidine rings is 1. The fourth-order valence-corrected chi connectivity index (χ4v) is 3.85. The van der Waals surface area contributed by atoms with E-state index in [4.69, 9.17) is 0 Å². The van der Waals surface area contributed by atoms with E-state index in [2.05, 4.69) is 24.1 Å². The molecule has 0 bridgehead atoms. The Labute approximate surface area is 128 Å². The maximum Gasteiger partial charge on any atom is 0.180 e. The molecule has 118 valence electrons. The summed E-state index contributed by atoms with van der Waals surface area (Å²) in [5, 5.41) is 3.44. The van der Waals surface area contributed by atoms with Crippen molar-refractivity contribution in [2.24, 2.45) is 0 Å². The van der Waals surface area contributed by atoms with E-state index < -0.39 is 9.84 Å². The zero-order valence-electron chi connectivity index (χ0n) is 13.2. The van der Waals surface area contributed by atoms with Crippen LogP contribution in [0.1, 0.15) is 33.6 Å². The predicted octanol–water partition coefficient (Wildman–Crippen LogP) is 2.76. The molecule has 1 aliphatic rings. The second kappa shape index (κ2) is 6.79. The Bertz CT molecular complexity index is 561. The van der Waals surface area contributed by atoms with Gasteiger partial charge in [-0.1, -0.05) is 19.1 Å². The van der Waals surface area contributed by atoms with Gasteiger partial charge in [0.25, 0.3) is 0 Å².